The van der Waals surface area contributed by atoms with Crippen molar-refractivity contribution in [3.8, 4) is 0 Å². The lowest BCUT2D eigenvalue weighted by Gasteiger charge is -2.08. The van der Waals surface area contributed by atoms with E-state index in [2.05, 4.69) is 20.9 Å². The molecule has 2 heterocycles. The van der Waals surface area contributed by atoms with Crippen molar-refractivity contribution in [2.24, 2.45) is 0 Å². The molecule has 0 bridgehead atoms. The maximum absolute atomic E-state index is 5.55. The highest BCUT2D eigenvalue weighted by Gasteiger charge is 2.15. The summed E-state index contributed by atoms with van der Waals surface area (Å²) in [5.41, 5.74) is 1.49. The van der Waals surface area contributed by atoms with Crippen LogP contribution in [0.15, 0.2) is 27.2 Å². The SMILES string of the molecule is COC(OC)c1cc2ncc(Br)cc2o1. The standard InChI is InChI=1S/C10H10BrNO3/c1-13-10(14-2)9-4-7-8(15-9)3-6(11)5-12-7/h3-5,10H,1-2H3. The third kappa shape index (κ3) is 2.04. The first kappa shape index (κ1) is 10.6. The van der Waals surface area contributed by atoms with Crippen LogP contribution >= 0.6 is 15.9 Å². The van der Waals surface area contributed by atoms with Crippen molar-refractivity contribution >= 4 is 27.0 Å². The van der Waals surface area contributed by atoms with Gasteiger partial charge in [0.15, 0.2) is 11.3 Å². The van der Waals surface area contributed by atoms with Gasteiger partial charge < -0.3 is 13.9 Å². The molecule has 0 fully saturated rings. The van der Waals surface area contributed by atoms with Crippen LogP contribution in [0.1, 0.15) is 12.1 Å². The van der Waals surface area contributed by atoms with Crippen molar-refractivity contribution in [3.63, 3.8) is 0 Å². The Morgan fingerprint density at radius 2 is 2.07 bits per heavy atom. The minimum atomic E-state index is -0.488. The number of furan rings is 1. The summed E-state index contributed by atoms with van der Waals surface area (Å²) in [6, 6.07) is 3.66. The van der Waals surface area contributed by atoms with Crippen LogP contribution in [0.25, 0.3) is 11.1 Å². The van der Waals surface area contributed by atoms with Gasteiger partial charge in [0.2, 0.25) is 6.29 Å². The number of hydrogen-bond acceptors (Lipinski definition) is 4. The van der Waals surface area contributed by atoms with Crippen LogP contribution in [0.3, 0.4) is 0 Å². The Kier molecular flexibility index (Phi) is 3.04. The predicted octanol–water partition coefficient (Wildman–Crippen LogP) is 2.88. The lowest BCUT2D eigenvalue weighted by Crippen LogP contribution is -2.01. The lowest BCUT2D eigenvalue weighted by atomic mass is 10.3. The van der Waals surface area contributed by atoms with Crippen molar-refractivity contribution in [2.45, 2.75) is 6.29 Å². The molecule has 5 heteroatoms. The Balaban J connectivity index is 2.46. The number of nitrogens with zero attached hydrogens (tertiary/aromatic N) is 1. The van der Waals surface area contributed by atoms with E-state index in [1.807, 2.05) is 6.07 Å². The Bertz CT molecular complexity index is 465. The zero-order valence-corrected chi connectivity index (χ0v) is 9.95. The van der Waals surface area contributed by atoms with Crippen LogP contribution in [0.5, 0.6) is 0 Å². The molecule has 15 heavy (non-hydrogen) atoms. The monoisotopic (exact) mass is 271 g/mol. The molecular formula is C10H10BrNO3. The van der Waals surface area contributed by atoms with Crippen LogP contribution in [0, 0.1) is 0 Å². The van der Waals surface area contributed by atoms with E-state index in [1.54, 1.807) is 26.5 Å². The van der Waals surface area contributed by atoms with Crippen molar-refractivity contribution in [1.82, 2.24) is 4.98 Å². The number of aromatic nitrogens is 1. The maximum atomic E-state index is 5.55. The Morgan fingerprint density at radius 3 is 2.73 bits per heavy atom. The highest BCUT2D eigenvalue weighted by molar-refractivity contribution is 9.10. The third-order valence-corrected chi connectivity index (χ3v) is 2.45. The van der Waals surface area contributed by atoms with Crippen LogP contribution < -0.4 is 0 Å². The molecule has 80 valence electrons. The van der Waals surface area contributed by atoms with Crippen LogP contribution in [0.2, 0.25) is 0 Å². The predicted molar refractivity (Wildman–Crippen MR) is 58.5 cm³/mol. The van der Waals surface area contributed by atoms with E-state index in [4.69, 9.17) is 13.9 Å². The number of fused-ring (bicyclic) bond motifs is 1. The molecule has 0 unspecified atom stereocenters. The molecule has 0 N–H and O–H groups in total. The molecule has 0 atom stereocenters. The third-order valence-electron chi connectivity index (χ3n) is 2.02. The maximum Gasteiger partial charge on any atom is 0.216 e. The second-order valence-electron chi connectivity index (χ2n) is 2.99. The van der Waals surface area contributed by atoms with Gasteiger partial charge in [0.1, 0.15) is 5.52 Å². The second-order valence-corrected chi connectivity index (χ2v) is 3.90. The van der Waals surface area contributed by atoms with Gasteiger partial charge in [-0.1, -0.05) is 0 Å². The van der Waals surface area contributed by atoms with Crippen molar-refractivity contribution < 1.29 is 13.9 Å². The largest absolute Gasteiger partial charge is 0.454 e. The van der Waals surface area contributed by atoms with Gasteiger partial charge in [0, 0.05) is 31.0 Å². The van der Waals surface area contributed by atoms with Crippen LogP contribution in [-0.2, 0) is 9.47 Å². The van der Waals surface area contributed by atoms with Crippen molar-refractivity contribution in [3.05, 3.63) is 28.6 Å². The number of ether oxygens (including phenoxy) is 2. The summed E-state index contributed by atoms with van der Waals surface area (Å²) in [5, 5.41) is 0. The number of hydrogen-bond donors (Lipinski definition) is 0. The molecule has 0 amide bonds. The lowest BCUT2D eigenvalue weighted by molar-refractivity contribution is -0.117. The fourth-order valence-electron chi connectivity index (χ4n) is 1.36. The normalized spacial score (nSPS) is 11.5. The molecule has 0 saturated heterocycles. The van der Waals surface area contributed by atoms with Gasteiger partial charge in [-0.2, -0.15) is 0 Å². The average Bonchev–Trinajstić information content (AvgIpc) is 2.62. The Labute approximate surface area is 95.3 Å². The smallest absolute Gasteiger partial charge is 0.216 e. The van der Waals surface area contributed by atoms with E-state index in [-0.39, 0.29) is 0 Å². The first-order chi connectivity index (χ1) is 7.24. The van der Waals surface area contributed by atoms with E-state index in [9.17, 15) is 0 Å². The molecule has 0 aliphatic heterocycles. The van der Waals surface area contributed by atoms with Crippen molar-refractivity contribution in [1.29, 1.82) is 0 Å². The molecule has 0 spiro atoms. The van der Waals surface area contributed by atoms with E-state index in [1.165, 1.54) is 0 Å². The van der Waals surface area contributed by atoms with Gasteiger partial charge in [-0.25, -0.2) is 0 Å². The summed E-state index contributed by atoms with van der Waals surface area (Å²) in [6.45, 7) is 0. The summed E-state index contributed by atoms with van der Waals surface area (Å²) in [4.78, 5) is 4.20. The first-order valence-electron chi connectivity index (χ1n) is 4.35. The fourth-order valence-corrected chi connectivity index (χ4v) is 1.67. The molecular weight excluding hydrogens is 262 g/mol. The summed E-state index contributed by atoms with van der Waals surface area (Å²) in [6.07, 6.45) is 1.23. The van der Waals surface area contributed by atoms with Gasteiger partial charge in [-0.3, -0.25) is 4.98 Å². The molecule has 0 aliphatic rings. The molecule has 0 saturated carbocycles. The van der Waals surface area contributed by atoms with Crippen molar-refractivity contribution in [2.75, 3.05) is 14.2 Å². The topological polar surface area (TPSA) is 44.5 Å². The van der Waals surface area contributed by atoms with E-state index in [0.717, 1.165) is 9.99 Å². The van der Waals surface area contributed by atoms with Crippen LogP contribution in [0.4, 0.5) is 0 Å². The van der Waals surface area contributed by atoms with E-state index >= 15 is 0 Å². The van der Waals surface area contributed by atoms with Gasteiger partial charge in [-0.15, -0.1) is 0 Å². The van der Waals surface area contributed by atoms with Crippen LogP contribution in [-0.4, -0.2) is 19.2 Å². The first-order valence-corrected chi connectivity index (χ1v) is 5.14. The minimum absolute atomic E-state index is 0.488. The molecule has 0 aromatic carbocycles. The highest BCUT2D eigenvalue weighted by atomic mass is 79.9. The molecule has 0 radical (unpaired) electrons. The summed E-state index contributed by atoms with van der Waals surface area (Å²) in [7, 11) is 3.12. The quantitative estimate of drug-likeness (QED) is 0.806. The molecule has 2 aromatic rings. The summed E-state index contributed by atoms with van der Waals surface area (Å²) < 4.78 is 16.6. The Morgan fingerprint density at radius 1 is 1.33 bits per heavy atom. The number of halogens is 1. The number of methoxy groups -OCH3 is 2. The van der Waals surface area contributed by atoms with Gasteiger partial charge in [-0.05, 0) is 22.0 Å². The highest BCUT2D eigenvalue weighted by Crippen LogP contribution is 2.26. The zero-order valence-electron chi connectivity index (χ0n) is 8.36. The molecule has 4 nitrogen and oxygen atoms in total. The number of pyridine rings is 1. The molecule has 2 aromatic heterocycles. The fraction of sp³-hybridized carbons (Fsp3) is 0.300. The number of rotatable bonds is 3. The van der Waals surface area contributed by atoms with Gasteiger partial charge >= 0.3 is 0 Å². The molecule has 0 aliphatic carbocycles. The van der Waals surface area contributed by atoms with E-state index < -0.39 is 6.29 Å². The minimum Gasteiger partial charge on any atom is -0.454 e. The average molecular weight is 272 g/mol. The summed E-state index contributed by atoms with van der Waals surface area (Å²) >= 11 is 3.33. The Hall–Kier alpha value is -0.910. The van der Waals surface area contributed by atoms with Gasteiger partial charge in [0.25, 0.3) is 0 Å². The molecule has 2 rings (SSSR count). The van der Waals surface area contributed by atoms with Gasteiger partial charge in [0.05, 0.1) is 0 Å². The second kappa shape index (κ2) is 4.30. The van der Waals surface area contributed by atoms with E-state index in [0.29, 0.717) is 11.3 Å². The zero-order chi connectivity index (χ0) is 10.8. The summed E-state index contributed by atoms with van der Waals surface area (Å²) in [5.74, 6) is 0.612.